The van der Waals surface area contributed by atoms with Crippen molar-refractivity contribution in [2.45, 2.75) is 32.9 Å². The Morgan fingerprint density at radius 3 is 2.40 bits per heavy atom. The molecule has 30 heavy (non-hydrogen) atoms. The van der Waals surface area contributed by atoms with Crippen LogP contribution in [0.15, 0.2) is 48.5 Å². The van der Waals surface area contributed by atoms with Gasteiger partial charge in [0, 0.05) is 42.4 Å². The standard InChI is InChI=1S/C23H27N3O4/c1-15-14-25(23(29)18-8-5-4-6-9-18)12-13-26(15)22(28)17(3)30-20-11-7-10-19(16(20)2)21(24)27/h4-11,15,17H,12-14H2,1-3H3,(H2,24,27)/t15-,17?/m1/s1. The first-order valence-electron chi connectivity index (χ1n) is 10.0. The van der Waals surface area contributed by atoms with E-state index in [4.69, 9.17) is 10.5 Å². The van der Waals surface area contributed by atoms with Crippen LogP contribution in [0, 0.1) is 6.92 Å². The van der Waals surface area contributed by atoms with Gasteiger partial charge in [-0.3, -0.25) is 14.4 Å². The topological polar surface area (TPSA) is 92.9 Å². The highest BCUT2D eigenvalue weighted by Gasteiger charge is 2.33. The van der Waals surface area contributed by atoms with Gasteiger partial charge in [-0.05, 0) is 45.0 Å². The van der Waals surface area contributed by atoms with Gasteiger partial charge in [0.1, 0.15) is 5.75 Å². The SMILES string of the molecule is Cc1c(OC(C)C(=O)N2CCN(C(=O)c3ccccc3)C[C@H]2C)cccc1C(N)=O. The molecule has 7 nitrogen and oxygen atoms in total. The summed E-state index contributed by atoms with van der Waals surface area (Å²) in [7, 11) is 0. The fraction of sp³-hybridized carbons (Fsp3) is 0.348. The predicted molar refractivity (Wildman–Crippen MR) is 113 cm³/mol. The minimum Gasteiger partial charge on any atom is -0.481 e. The maximum Gasteiger partial charge on any atom is 0.263 e. The van der Waals surface area contributed by atoms with Gasteiger partial charge in [0.25, 0.3) is 11.8 Å². The number of primary amides is 1. The van der Waals surface area contributed by atoms with Gasteiger partial charge in [0.15, 0.2) is 6.10 Å². The summed E-state index contributed by atoms with van der Waals surface area (Å²) in [6.45, 7) is 6.71. The second-order valence-electron chi connectivity index (χ2n) is 7.55. The van der Waals surface area contributed by atoms with Crippen LogP contribution in [-0.2, 0) is 4.79 Å². The summed E-state index contributed by atoms with van der Waals surface area (Å²) >= 11 is 0. The normalized spacial score (nSPS) is 17.4. The van der Waals surface area contributed by atoms with Crippen molar-refractivity contribution < 1.29 is 19.1 Å². The number of hydrogen-bond donors (Lipinski definition) is 1. The lowest BCUT2D eigenvalue weighted by Crippen LogP contribution is -2.57. The molecular formula is C23H27N3O4. The van der Waals surface area contributed by atoms with Crippen LogP contribution in [0.3, 0.4) is 0 Å². The van der Waals surface area contributed by atoms with Crippen LogP contribution in [0.1, 0.15) is 40.1 Å². The van der Waals surface area contributed by atoms with E-state index < -0.39 is 12.0 Å². The highest BCUT2D eigenvalue weighted by atomic mass is 16.5. The van der Waals surface area contributed by atoms with Crippen LogP contribution in [0.5, 0.6) is 5.75 Å². The smallest absolute Gasteiger partial charge is 0.263 e. The molecule has 0 radical (unpaired) electrons. The first-order valence-corrected chi connectivity index (χ1v) is 10.0. The molecule has 3 amide bonds. The van der Waals surface area contributed by atoms with Gasteiger partial charge in [-0.25, -0.2) is 0 Å². The minimum atomic E-state index is -0.731. The molecule has 0 aliphatic carbocycles. The van der Waals surface area contributed by atoms with Crippen molar-refractivity contribution in [3.63, 3.8) is 0 Å². The molecule has 158 valence electrons. The molecule has 7 heteroatoms. The summed E-state index contributed by atoms with van der Waals surface area (Å²) in [5.74, 6) is -0.265. The molecule has 1 aliphatic heterocycles. The van der Waals surface area contributed by atoms with E-state index in [9.17, 15) is 14.4 Å². The van der Waals surface area contributed by atoms with Crippen molar-refractivity contribution in [2.75, 3.05) is 19.6 Å². The van der Waals surface area contributed by atoms with Gasteiger partial charge in [-0.1, -0.05) is 24.3 Å². The Bertz CT molecular complexity index is 945. The van der Waals surface area contributed by atoms with Crippen LogP contribution >= 0.6 is 0 Å². The fourth-order valence-electron chi connectivity index (χ4n) is 3.72. The number of amides is 3. The van der Waals surface area contributed by atoms with E-state index in [0.29, 0.717) is 42.1 Å². The molecule has 2 atom stereocenters. The quantitative estimate of drug-likeness (QED) is 0.820. The first kappa shape index (κ1) is 21.4. The summed E-state index contributed by atoms with van der Waals surface area (Å²) in [5.41, 5.74) is 7.01. The number of nitrogens with two attached hydrogens (primary N) is 1. The number of benzene rings is 2. The fourth-order valence-corrected chi connectivity index (χ4v) is 3.72. The lowest BCUT2D eigenvalue weighted by molar-refractivity contribution is -0.142. The van der Waals surface area contributed by atoms with E-state index in [0.717, 1.165) is 0 Å². The largest absolute Gasteiger partial charge is 0.481 e. The van der Waals surface area contributed by atoms with Crippen LogP contribution in [-0.4, -0.2) is 59.3 Å². The maximum absolute atomic E-state index is 13.0. The predicted octanol–water partition coefficient (Wildman–Crippen LogP) is 2.23. The molecule has 1 heterocycles. The average molecular weight is 409 g/mol. The van der Waals surface area contributed by atoms with E-state index in [-0.39, 0.29) is 17.9 Å². The van der Waals surface area contributed by atoms with E-state index in [1.165, 1.54) is 0 Å². The highest BCUT2D eigenvalue weighted by Crippen LogP contribution is 2.23. The Morgan fingerprint density at radius 2 is 1.77 bits per heavy atom. The number of hydrogen-bond acceptors (Lipinski definition) is 4. The number of rotatable bonds is 5. The lowest BCUT2D eigenvalue weighted by atomic mass is 10.1. The molecular weight excluding hydrogens is 382 g/mol. The van der Waals surface area contributed by atoms with Crippen molar-refractivity contribution in [2.24, 2.45) is 5.73 Å². The van der Waals surface area contributed by atoms with Crippen molar-refractivity contribution in [3.05, 3.63) is 65.2 Å². The third-order valence-electron chi connectivity index (χ3n) is 5.42. The van der Waals surface area contributed by atoms with Gasteiger partial charge >= 0.3 is 0 Å². The third-order valence-corrected chi connectivity index (χ3v) is 5.42. The van der Waals surface area contributed by atoms with Gasteiger partial charge in [-0.2, -0.15) is 0 Å². The van der Waals surface area contributed by atoms with Gasteiger partial charge in [-0.15, -0.1) is 0 Å². The van der Waals surface area contributed by atoms with E-state index in [1.54, 1.807) is 54.0 Å². The van der Waals surface area contributed by atoms with E-state index in [2.05, 4.69) is 0 Å². The summed E-state index contributed by atoms with van der Waals surface area (Å²) in [5, 5.41) is 0. The maximum atomic E-state index is 13.0. The lowest BCUT2D eigenvalue weighted by Gasteiger charge is -2.40. The molecule has 0 aromatic heterocycles. The molecule has 3 rings (SSSR count). The zero-order valence-electron chi connectivity index (χ0n) is 17.5. The second kappa shape index (κ2) is 8.98. The molecule has 1 aliphatic rings. The molecule has 1 unspecified atom stereocenters. The summed E-state index contributed by atoms with van der Waals surface area (Å²) in [4.78, 5) is 40.7. The van der Waals surface area contributed by atoms with E-state index in [1.807, 2.05) is 25.1 Å². The zero-order valence-corrected chi connectivity index (χ0v) is 17.5. The number of piperazine rings is 1. The van der Waals surface area contributed by atoms with Crippen LogP contribution in [0.4, 0.5) is 0 Å². The van der Waals surface area contributed by atoms with Crippen molar-refractivity contribution in [1.29, 1.82) is 0 Å². The molecule has 0 saturated carbocycles. The Balaban J connectivity index is 1.64. The molecule has 2 aromatic rings. The van der Waals surface area contributed by atoms with E-state index >= 15 is 0 Å². The molecule has 0 bridgehead atoms. The number of nitrogens with zero attached hydrogens (tertiary/aromatic N) is 2. The first-order chi connectivity index (χ1) is 14.3. The van der Waals surface area contributed by atoms with Gasteiger partial charge in [0.05, 0.1) is 0 Å². The molecule has 2 N–H and O–H groups in total. The highest BCUT2D eigenvalue weighted by molar-refractivity contribution is 5.95. The molecule has 1 fully saturated rings. The zero-order chi connectivity index (χ0) is 21.8. The summed E-state index contributed by atoms with van der Waals surface area (Å²) < 4.78 is 5.86. The van der Waals surface area contributed by atoms with Crippen LogP contribution in [0.25, 0.3) is 0 Å². The monoisotopic (exact) mass is 409 g/mol. The molecule has 1 saturated heterocycles. The Labute approximate surface area is 176 Å². The average Bonchev–Trinajstić information content (AvgIpc) is 2.74. The summed E-state index contributed by atoms with van der Waals surface area (Å²) in [6.07, 6.45) is -0.731. The minimum absolute atomic E-state index is 0.0299. The van der Waals surface area contributed by atoms with Crippen LogP contribution < -0.4 is 10.5 Å². The Hall–Kier alpha value is -3.35. The van der Waals surface area contributed by atoms with Crippen molar-refractivity contribution >= 4 is 17.7 Å². The van der Waals surface area contributed by atoms with Crippen LogP contribution in [0.2, 0.25) is 0 Å². The van der Waals surface area contributed by atoms with Crippen molar-refractivity contribution in [3.8, 4) is 5.75 Å². The van der Waals surface area contributed by atoms with Gasteiger partial charge in [0.2, 0.25) is 5.91 Å². The summed E-state index contributed by atoms with van der Waals surface area (Å²) in [6, 6.07) is 14.0. The number of ether oxygens (including phenoxy) is 1. The van der Waals surface area contributed by atoms with Crippen molar-refractivity contribution in [1.82, 2.24) is 9.80 Å². The van der Waals surface area contributed by atoms with Gasteiger partial charge < -0.3 is 20.3 Å². The Morgan fingerprint density at radius 1 is 1.07 bits per heavy atom. The second-order valence-corrected chi connectivity index (χ2v) is 7.55. The Kier molecular flexibility index (Phi) is 6.40. The molecule has 2 aromatic carbocycles. The number of carbonyl (C=O) groups is 3. The molecule has 0 spiro atoms. The number of carbonyl (C=O) groups excluding carboxylic acids is 3. The third kappa shape index (κ3) is 4.45.